The number of para-hydroxylation sites is 1. The number of amides is 1. The highest BCUT2D eigenvalue weighted by atomic mass is 16.5. The largest absolute Gasteiger partial charge is 0.483 e. The maximum absolute atomic E-state index is 11.6. The SMILES string of the molecule is CNC(C)c1ccccc1OCC(=O)NCC1CC1. The van der Waals surface area contributed by atoms with Gasteiger partial charge in [-0.3, -0.25) is 4.79 Å². The fourth-order valence-corrected chi connectivity index (χ4v) is 1.90. The standard InChI is InChI=1S/C15H22N2O2/c1-11(16-2)13-5-3-4-6-14(13)19-10-15(18)17-9-12-7-8-12/h3-6,11-12,16H,7-10H2,1-2H3,(H,17,18). The summed E-state index contributed by atoms with van der Waals surface area (Å²) in [5, 5.41) is 6.08. The zero-order valence-corrected chi connectivity index (χ0v) is 11.6. The molecular formula is C15H22N2O2. The molecule has 1 atom stereocenters. The van der Waals surface area contributed by atoms with Crippen molar-refractivity contribution in [2.24, 2.45) is 5.92 Å². The molecule has 1 saturated carbocycles. The Balaban J connectivity index is 1.85. The number of benzene rings is 1. The van der Waals surface area contributed by atoms with Crippen LogP contribution < -0.4 is 15.4 Å². The number of hydrogen-bond donors (Lipinski definition) is 2. The van der Waals surface area contributed by atoms with Gasteiger partial charge in [0.2, 0.25) is 0 Å². The van der Waals surface area contributed by atoms with Crippen LogP contribution in [-0.4, -0.2) is 26.1 Å². The van der Waals surface area contributed by atoms with Crippen LogP contribution in [0.15, 0.2) is 24.3 Å². The average Bonchev–Trinajstić information content (AvgIpc) is 3.26. The summed E-state index contributed by atoms with van der Waals surface area (Å²) >= 11 is 0. The molecule has 1 fully saturated rings. The van der Waals surface area contributed by atoms with E-state index in [2.05, 4.69) is 17.6 Å². The third kappa shape index (κ3) is 4.24. The van der Waals surface area contributed by atoms with Crippen LogP contribution in [-0.2, 0) is 4.79 Å². The molecule has 0 radical (unpaired) electrons. The molecule has 0 bridgehead atoms. The van der Waals surface area contributed by atoms with E-state index in [-0.39, 0.29) is 18.6 Å². The second-order valence-electron chi connectivity index (χ2n) is 5.08. The lowest BCUT2D eigenvalue weighted by Crippen LogP contribution is -2.30. The van der Waals surface area contributed by atoms with Crippen molar-refractivity contribution in [1.29, 1.82) is 0 Å². The first-order valence-electron chi connectivity index (χ1n) is 6.86. The summed E-state index contributed by atoms with van der Waals surface area (Å²) in [6.45, 7) is 2.94. The molecule has 1 aromatic carbocycles. The van der Waals surface area contributed by atoms with Gasteiger partial charge in [0.1, 0.15) is 5.75 Å². The van der Waals surface area contributed by atoms with Crippen LogP contribution in [0.1, 0.15) is 31.4 Å². The predicted octanol–water partition coefficient (Wildman–Crippen LogP) is 1.87. The van der Waals surface area contributed by atoms with E-state index >= 15 is 0 Å². The zero-order valence-electron chi connectivity index (χ0n) is 11.6. The van der Waals surface area contributed by atoms with Crippen LogP contribution in [0.3, 0.4) is 0 Å². The van der Waals surface area contributed by atoms with Gasteiger partial charge in [-0.05, 0) is 38.8 Å². The normalized spacial score (nSPS) is 15.9. The molecule has 4 heteroatoms. The first-order valence-corrected chi connectivity index (χ1v) is 6.86. The van der Waals surface area contributed by atoms with E-state index in [1.54, 1.807) is 0 Å². The van der Waals surface area contributed by atoms with E-state index in [9.17, 15) is 4.79 Å². The van der Waals surface area contributed by atoms with Gasteiger partial charge in [-0.15, -0.1) is 0 Å². The van der Waals surface area contributed by atoms with Crippen LogP contribution in [0.25, 0.3) is 0 Å². The Morgan fingerprint density at radius 3 is 2.84 bits per heavy atom. The number of hydrogen-bond acceptors (Lipinski definition) is 3. The Morgan fingerprint density at radius 1 is 1.42 bits per heavy atom. The van der Waals surface area contributed by atoms with Crippen molar-refractivity contribution >= 4 is 5.91 Å². The molecule has 4 nitrogen and oxygen atoms in total. The minimum absolute atomic E-state index is 0.0428. The van der Waals surface area contributed by atoms with Gasteiger partial charge in [-0.25, -0.2) is 0 Å². The van der Waals surface area contributed by atoms with Crippen molar-refractivity contribution < 1.29 is 9.53 Å². The molecule has 1 aliphatic carbocycles. The topological polar surface area (TPSA) is 50.4 Å². The van der Waals surface area contributed by atoms with Crippen LogP contribution in [0.5, 0.6) is 5.75 Å². The zero-order chi connectivity index (χ0) is 13.7. The lowest BCUT2D eigenvalue weighted by Gasteiger charge is -2.16. The lowest BCUT2D eigenvalue weighted by atomic mass is 10.1. The van der Waals surface area contributed by atoms with Crippen LogP contribution in [0.2, 0.25) is 0 Å². The van der Waals surface area contributed by atoms with Gasteiger partial charge in [0.15, 0.2) is 6.61 Å². The molecule has 0 spiro atoms. The molecule has 1 amide bonds. The highest BCUT2D eigenvalue weighted by molar-refractivity contribution is 5.77. The maximum Gasteiger partial charge on any atom is 0.257 e. The molecule has 1 aromatic rings. The summed E-state index contributed by atoms with van der Waals surface area (Å²) in [6.07, 6.45) is 2.48. The fourth-order valence-electron chi connectivity index (χ4n) is 1.90. The van der Waals surface area contributed by atoms with E-state index in [0.717, 1.165) is 17.9 Å². The number of nitrogens with one attached hydrogen (secondary N) is 2. The minimum Gasteiger partial charge on any atom is -0.483 e. The Labute approximate surface area is 114 Å². The van der Waals surface area contributed by atoms with Crippen LogP contribution >= 0.6 is 0 Å². The first-order chi connectivity index (χ1) is 9.20. The highest BCUT2D eigenvalue weighted by Crippen LogP contribution is 2.27. The number of ether oxygens (including phenoxy) is 1. The molecule has 0 aromatic heterocycles. The second kappa shape index (κ2) is 6.57. The molecule has 2 N–H and O–H groups in total. The van der Waals surface area contributed by atoms with Gasteiger partial charge in [0.25, 0.3) is 5.91 Å². The first kappa shape index (κ1) is 13.9. The summed E-state index contributed by atoms with van der Waals surface area (Å²) in [4.78, 5) is 11.6. The van der Waals surface area contributed by atoms with E-state index in [4.69, 9.17) is 4.74 Å². The van der Waals surface area contributed by atoms with Gasteiger partial charge in [-0.2, -0.15) is 0 Å². The van der Waals surface area contributed by atoms with E-state index in [1.165, 1.54) is 12.8 Å². The van der Waals surface area contributed by atoms with E-state index in [1.807, 2.05) is 31.3 Å². The quantitative estimate of drug-likeness (QED) is 0.788. The molecule has 1 aliphatic rings. The highest BCUT2D eigenvalue weighted by Gasteiger charge is 2.21. The fraction of sp³-hybridized carbons (Fsp3) is 0.533. The van der Waals surface area contributed by atoms with Crippen molar-refractivity contribution in [3.63, 3.8) is 0 Å². The van der Waals surface area contributed by atoms with E-state index in [0.29, 0.717) is 5.92 Å². The monoisotopic (exact) mass is 262 g/mol. The average molecular weight is 262 g/mol. The summed E-state index contributed by atoms with van der Waals surface area (Å²) in [5.41, 5.74) is 1.07. The third-order valence-electron chi connectivity index (χ3n) is 3.46. The summed E-state index contributed by atoms with van der Waals surface area (Å²) < 4.78 is 5.62. The number of carbonyl (C=O) groups is 1. The summed E-state index contributed by atoms with van der Waals surface area (Å²) in [5.74, 6) is 1.42. The number of rotatable bonds is 7. The van der Waals surface area contributed by atoms with Gasteiger partial charge in [0.05, 0.1) is 0 Å². The van der Waals surface area contributed by atoms with Crippen LogP contribution in [0.4, 0.5) is 0 Å². The molecule has 19 heavy (non-hydrogen) atoms. The lowest BCUT2D eigenvalue weighted by molar-refractivity contribution is -0.123. The molecule has 0 aliphatic heterocycles. The van der Waals surface area contributed by atoms with E-state index < -0.39 is 0 Å². The third-order valence-corrected chi connectivity index (χ3v) is 3.46. The molecule has 0 heterocycles. The molecule has 0 saturated heterocycles. The van der Waals surface area contributed by atoms with Crippen LogP contribution in [0, 0.1) is 5.92 Å². The van der Waals surface area contributed by atoms with Crippen molar-refractivity contribution in [3.05, 3.63) is 29.8 Å². The van der Waals surface area contributed by atoms with Gasteiger partial charge in [0, 0.05) is 18.2 Å². The van der Waals surface area contributed by atoms with Gasteiger partial charge < -0.3 is 15.4 Å². The Bertz CT molecular complexity index is 430. The van der Waals surface area contributed by atoms with Crippen molar-refractivity contribution in [2.75, 3.05) is 20.2 Å². The molecule has 104 valence electrons. The molecular weight excluding hydrogens is 240 g/mol. The van der Waals surface area contributed by atoms with Gasteiger partial charge in [-0.1, -0.05) is 18.2 Å². The molecule has 1 unspecified atom stereocenters. The second-order valence-corrected chi connectivity index (χ2v) is 5.08. The Hall–Kier alpha value is -1.55. The smallest absolute Gasteiger partial charge is 0.257 e. The minimum atomic E-state index is -0.0428. The molecule has 2 rings (SSSR count). The Kier molecular flexibility index (Phi) is 4.80. The van der Waals surface area contributed by atoms with Crippen molar-refractivity contribution in [2.45, 2.75) is 25.8 Å². The number of carbonyl (C=O) groups excluding carboxylic acids is 1. The Morgan fingerprint density at radius 2 is 2.16 bits per heavy atom. The summed E-state index contributed by atoms with van der Waals surface area (Å²) in [6, 6.07) is 8.01. The van der Waals surface area contributed by atoms with Crippen molar-refractivity contribution in [1.82, 2.24) is 10.6 Å². The maximum atomic E-state index is 11.6. The summed E-state index contributed by atoms with van der Waals surface area (Å²) in [7, 11) is 1.91. The predicted molar refractivity (Wildman–Crippen MR) is 75.1 cm³/mol. The van der Waals surface area contributed by atoms with Gasteiger partial charge >= 0.3 is 0 Å². The van der Waals surface area contributed by atoms with Crippen molar-refractivity contribution in [3.8, 4) is 5.75 Å².